The molecule has 0 saturated heterocycles. The van der Waals surface area contributed by atoms with E-state index in [-0.39, 0.29) is 16.3 Å². The highest BCUT2D eigenvalue weighted by molar-refractivity contribution is 7.91. The molecule has 0 amide bonds. The lowest BCUT2D eigenvalue weighted by molar-refractivity contribution is 0.0696. The van der Waals surface area contributed by atoms with Gasteiger partial charge in [-0.1, -0.05) is 23.7 Å². The summed E-state index contributed by atoms with van der Waals surface area (Å²) in [6.45, 7) is 1.74. The number of rotatable bonds is 5. The number of thiophene rings is 1. The molecule has 0 aliphatic heterocycles. The highest BCUT2D eigenvalue weighted by Gasteiger charge is 2.18. The molecule has 1 heterocycles. The lowest BCUT2D eigenvalue weighted by atomic mass is 10.1. The summed E-state index contributed by atoms with van der Waals surface area (Å²) in [5.41, 5.74) is 1.38. The lowest BCUT2D eigenvalue weighted by Crippen LogP contribution is -2.22. The van der Waals surface area contributed by atoms with Crippen LogP contribution in [0.15, 0.2) is 34.5 Å². The molecule has 0 bridgehead atoms. The average Bonchev–Trinajstić information content (AvgIpc) is 2.78. The molecule has 2 aromatic rings. The summed E-state index contributed by atoms with van der Waals surface area (Å²) in [5, 5.41) is 8.90. The van der Waals surface area contributed by atoms with Gasteiger partial charge in [-0.05, 0) is 36.2 Å². The second-order valence-electron chi connectivity index (χ2n) is 4.35. The standard InChI is InChI=1S/C13H12ClNO4S2/c1-8-5-11(20-12(8)14)21(18,19)15-7-9-3-2-4-10(6-9)13(16)17/h2-6,15H,7H2,1H3,(H,16,17). The van der Waals surface area contributed by atoms with Crippen molar-refractivity contribution in [3.8, 4) is 0 Å². The predicted molar refractivity (Wildman–Crippen MR) is 81.5 cm³/mol. The molecule has 0 aliphatic carbocycles. The minimum atomic E-state index is -3.66. The van der Waals surface area contributed by atoms with Crippen molar-refractivity contribution < 1.29 is 18.3 Å². The number of hydrogen-bond donors (Lipinski definition) is 2. The van der Waals surface area contributed by atoms with Crippen LogP contribution < -0.4 is 4.72 Å². The smallest absolute Gasteiger partial charge is 0.335 e. The van der Waals surface area contributed by atoms with Crippen molar-refractivity contribution in [3.63, 3.8) is 0 Å². The molecule has 112 valence electrons. The van der Waals surface area contributed by atoms with Crippen LogP contribution in [0.4, 0.5) is 0 Å². The number of nitrogens with one attached hydrogen (secondary N) is 1. The first-order chi connectivity index (χ1) is 9.79. The Morgan fingerprint density at radius 2 is 2.10 bits per heavy atom. The third-order valence-electron chi connectivity index (χ3n) is 2.74. The minimum absolute atomic E-state index is 0.0119. The normalized spacial score (nSPS) is 11.5. The summed E-state index contributed by atoms with van der Waals surface area (Å²) in [4.78, 5) is 10.9. The van der Waals surface area contributed by atoms with E-state index in [0.29, 0.717) is 15.5 Å². The van der Waals surface area contributed by atoms with Gasteiger partial charge in [0.25, 0.3) is 0 Å². The van der Waals surface area contributed by atoms with Gasteiger partial charge < -0.3 is 5.11 Å². The van der Waals surface area contributed by atoms with Gasteiger partial charge in [-0.3, -0.25) is 0 Å². The van der Waals surface area contributed by atoms with Gasteiger partial charge in [0, 0.05) is 6.54 Å². The number of carboxylic acids is 1. The van der Waals surface area contributed by atoms with Crippen LogP contribution in [0.3, 0.4) is 0 Å². The number of aromatic carboxylic acids is 1. The van der Waals surface area contributed by atoms with E-state index in [0.717, 1.165) is 11.3 Å². The SMILES string of the molecule is Cc1cc(S(=O)(=O)NCc2cccc(C(=O)O)c2)sc1Cl. The quantitative estimate of drug-likeness (QED) is 0.872. The molecule has 0 radical (unpaired) electrons. The number of sulfonamides is 1. The maximum absolute atomic E-state index is 12.1. The van der Waals surface area contributed by atoms with Crippen LogP contribution in [-0.4, -0.2) is 19.5 Å². The van der Waals surface area contributed by atoms with Crippen LogP contribution in [0.25, 0.3) is 0 Å². The molecule has 2 rings (SSSR count). The van der Waals surface area contributed by atoms with Crippen molar-refractivity contribution >= 4 is 38.9 Å². The first kappa shape index (κ1) is 16.0. The van der Waals surface area contributed by atoms with Crippen molar-refractivity contribution in [2.75, 3.05) is 0 Å². The Hall–Kier alpha value is -1.41. The number of carboxylic acid groups (broad SMARTS) is 1. The third kappa shape index (κ3) is 3.82. The Morgan fingerprint density at radius 1 is 1.38 bits per heavy atom. The number of aryl methyl sites for hydroxylation is 1. The number of carbonyl (C=O) groups is 1. The number of benzene rings is 1. The summed E-state index contributed by atoms with van der Waals surface area (Å²) in [6, 6.07) is 7.60. The van der Waals surface area contributed by atoms with Gasteiger partial charge in [0.2, 0.25) is 10.0 Å². The Bertz CT molecular complexity index is 764. The van der Waals surface area contributed by atoms with Gasteiger partial charge in [-0.2, -0.15) is 0 Å². The van der Waals surface area contributed by atoms with Crippen molar-refractivity contribution in [1.82, 2.24) is 4.72 Å². The van der Waals surface area contributed by atoms with E-state index in [1.165, 1.54) is 18.2 Å². The van der Waals surface area contributed by atoms with Crippen molar-refractivity contribution in [3.05, 3.63) is 51.4 Å². The van der Waals surface area contributed by atoms with Crippen molar-refractivity contribution in [1.29, 1.82) is 0 Å². The van der Waals surface area contributed by atoms with E-state index in [1.54, 1.807) is 19.1 Å². The number of halogens is 1. The van der Waals surface area contributed by atoms with E-state index < -0.39 is 16.0 Å². The zero-order valence-electron chi connectivity index (χ0n) is 11.0. The summed E-state index contributed by atoms with van der Waals surface area (Å²) >= 11 is 6.85. The molecule has 0 atom stereocenters. The van der Waals surface area contributed by atoms with E-state index in [9.17, 15) is 13.2 Å². The second-order valence-corrected chi connectivity index (χ2v) is 8.00. The largest absolute Gasteiger partial charge is 0.478 e. The van der Waals surface area contributed by atoms with Gasteiger partial charge in [-0.25, -0.2) is 17.9 Å². The Kier molecular flexibility index (Phi) is 4.67. The Morgan fingerprint density at radius 3 is 2.67 bits per heavy atom. The number of hydrogen-bond acceptors (Lipinski definition) is 4. The molecule has 5 nitrogen and oxygen atoms in total. The molecule has 0 aliphatic rings. The summed E-state index contributed by atoms with van der Waals surface area (Å²) < 4.78 is 27.2. The summed E-state index contributed by atoms with van der Waals surface area (Å²) in [5.74, 6) is -1.06. The molecule has 8 heteroatoms. The van der Waals surface area contributed by atoms with Crippen LogP contribution in [-0.2, 0) is 16.6 Å². The molecule has 21 heavy (non-hydrogen) atoms. The Balaban J connectivity index is 2.15. The Labute approximate surface area is 131 Å². The van der Waals surface area contributed by atoms with Gasteiger partial charge in [0.05, 0.1) is 9.90 Å². The van der Waals surface area contributed by atoms with Crippen LogP contribution in [0.1, 0.15) is 21.5 Å². The highest BCUT2D eigenvalue weighted by Crippen LogP contribution is 2.29. The van der Waals surface area contributed by atoms with Crippen LogP contribution in [0, 0.1) is 6.92 Å². The zero-order valence-corrected chi connectivity index (χ0v) is 13.3. The molecule has 0 fully saturated rings. The topological polar surface area (TPSA) is 83.5 Å². The molecule has 1 aromatic carbocycles. The molecule has 0 unspecified atom stereocenters. The van der Waals surface area contributed by atoms with E-state index in [2.05, 4.69) is 4.72 Å². The predicted octanol–water partition coefficient (Wildman–Crippen LogP) is 2.89. The second kappa shape index (κ2) is 6.15. The van der Waals surface area contributed by atoms with Gasteiger partial charge >= 0.3 is 5.97 Å². The van der Waals surface area contributed by atoms with Gasteiger partial charge in [-0.15, -0.1) is 11.3 Å². The molecule has 0 spiro atoms. The molecular formula is C13H12ClNO4S2. The summed E-state index contributed by atoms with van der Waals surface area (Å²) in [6.07, 6.45) is 0. The molecule has 0 saturated carbocycles. The molecule has 1 aromatic heterocycles. The fourth-order valence-corrected chi connectivity index (χ4v) is 4.40. The summed E-state index contributed by atoms with van der Waals surface area (Å²) in [7, 11) is -3.66. The fraction of sp³-hybridized carbons (Fsp3) is 0.154. The lowest BCUT2D eigenvalue weighted by Gasteiger charge is -2.05. The minimum Gasteiger partial charge on any atom is -0.478 e. The van der Waals surface area contributed by atoms with Crippen molar-refractivity contribution in [2.24, 2.45) is 0 Å². The molecular weight excluding hydrogens is 334 g/mol. The zero-order chi connectivity index (χ0) is 15.6. The van der Waals surface area contributed by atoms with Gasteiger partial charge in [0.15, 0.2) is 0 Å². The monoisotopic (exact) mass is 345 g/mol. The van der Waals surface area contributed by atoms with Crippen LogP contribution >= 0.6 is 22.9 Å². The van der Waals surface area contributed by atoms with E-state index >= 15 is 0 Å². The maximum Gasteiger partial charge on any atom is 0.335 e. The average molecular weight is 346 g/mol. The maximum atomic E-state index is 12.1. The highest BCUT2D eigenvalue weighted by atomic mass is 35.5. The first-order valence-electron chi connectivity index (χ1n) is 5.87. The van der Waals surface area contributed by atoms with Crippen LogP contribution in [0.2, 0.25) is 4.34 Å². The fourth-order valence-electron chi connectivity index (χ4n) is 1.63. The van der Waals surface area contributed by atoms with Gasteiger partial charge in [0.1, 0.15) is 4.21 Å². The van der Waals surface area contributed by atoms with E-state index in [1.807, 2.05) is 0 Å². The molecule has 2 N–H and O–H groups in total. The van der Waals surface area contributed by atoms with E-state index in [4.69, 9.17) is 16.7 Å². The van der Waals surface area contributed by atoms with Crippen molar-refractivity contribution in [2.45, 2.75) is 17.7 Å². The third-order valence-corrected chi connectivity index (χ3v) is 6.17. The van der Waals surface area contributed by atoms with Crippen LogP contribution in [0.5, 0.6) is 0 Å². The first-order valence-corrected chi connectivity index (χ1v) is 8.55.